The Kier molecular flexibility index (Phi) is 7.58. The van der Waals surface area contributed by atoms with Crippen LogP contribution in [0.25, 0.3) is 11.3 Å². The minimum absolute atomic E-state index is 0.0552. The van der Waals surface area contributed by atoms with Gasteiger partial charge in [-0.1, -0.05) is 36.4 Å². The number of nitrogens with two attached hydrogens (primary N) is 2. The number of nitrogens with zero attached hydrogens (tertiary/aromatic N) is 2. The molecule has 37 heavy (non-hydrogen) atoms. The molecular formula is C25H28F3N5O4. The molecule has 2 aromatic rings. The van der Waals surface area contributed by atoms with E-state index in [1.807, 2.05) is 12.2 Å². The van der Waals surface area contributed by atoms with Gasteiger partial charge in [0.25, 0.3) is 5.91 Å². The normalized spacial score (nSPS) is 21.8. The van der Waals surface area contributed by atoms with Crippen molar-refractivity contribution in [1.29, 1.82) is 0 Å². The second-order valence-electron chi connectivity index (χ2n) is 8.90. The van der Waals surface area contributed by atoms with Crippen molar-refractivity contribution in [2.75, 3.05) is 19.5 Å². The summed E-state index contributed by atoms with van der Waals surface area (Å²) in [6.45, 7) is 0.144. The lowest BCUT2D eigenvalue weighted by Crippen LogP contribution is -2.39. The van der Waals surface area contributed by atoms with E-state index in [2.05, 4.69) is 10.4 Å². The van der Waals surface area contributed by atoms with E-state index in [0.29, 0.717) is 17.7 Å². The molecule has 5 N–H and O–H groups in total. The lowest BCUT2D eigenvalue weighted by molar-refractivity contribution is -0.234. The first-order chi connectivity index (χ1) is 17.6. The van der Waals surface area contributed by atoms with Gasteiger partial charge in [-0.25, -0.2) is 4.68 Å². The lowest BCUT2D eigenvalue weighted by atomic mass is 9.97. The first-order valence-electron chi connectivity index (χ1n) is 11.7. The summed E-state index contributed by atoms with van der Waals surface area (Å²) in [6.07, 6.45) is -0.540. The number of benzene rings is 1. The van der Waals surface area contributed by atoms with Gasteiger partial charge in [0.05, 0.1) is 19.1 Å². The third-order valence-corrected chi connectivity index (χ3v) is 6.52. The predicted octanol–water partition coefficient (Wildman–Crippen LogP) is 3.24. The molecule has 12 heteroatoms. The number of nitrogens with one attached hydrogen (secondary N) is 1. The number of rotatable bonds is 7. The number of primary amides is 1. The van der Waals surface area contributed by atoms with E-state index in [9.17, 15) is 22.8 Å². The van der Waals surface area contributed by atoms with Gasteiger partial charge in [0.15, 0.2) is 6.10 Å². The average Bonchev–Trinajstić information content (AvgIpc) is 3.24. The van der Waals surface area contributed by atoms with Crippen molar-refractivity contribution in [3.8, 4) is 11.3 Å². The van der Waals surface area contributed by atoms with Crippen LogP contribution in [-0.4, -0.2) is 47.6 Å². The molecule has 9 nitrogen and oxygen atoms in total. The minimum Gasteiger partial charge on any atom is -0.500 e. The van der Waals surface area contributed by atoms with E-state index < -0.39 is 30.1 Å². The largest absolute Gasteiger partial charge is 0.500 e. The van der Waals surface area contributed by atoms with Crippen LogP contribution in [0.2, 0.25) is 0 Å². The Morgan fingerprint density at radius 1 is 1.27 bits per heavy atom. The molecule has 3 unspecified atom stereocenters. The zero-order chi connectivity index (χ0) is 26.7. The van der Waals surface area contributed by atoms with Crippen LogP contribution in [-0.2, 0) is 20.8 Å². The number of hydrogen-bond acceptors (Lipinski definition) is 6. The molecule has 4 rings (SSSR count). The molecule has 1 aliphatic heterocycles. The molecule has 0 spiro atoms. The van der Waals surface area contributed by atoms with Crippen LogP contribution in [0, 0.1) is 5.92 Å². The zero-order valence-corrected chi connectivity index (χ0v) is 20.1. The highest BCUT2D eigenvalue weighted by Gasteiger charge is 2.44. The molecule has 1 aromatic heterocycles. The van der Waals surface area contributed by atoms with Crippen molar-refractivity contribution in [1.82, 2.24) is 15.1 Å². The number of methoxy groups -OCH3 is 1. The summed E-state index contributed by atoms with van der Waals surface area (Å²) < 4.78 is 51.0. The predicted molar refractivity (Wildman–Crippen MR) is 129 cm³/mol. The number of amides is 2. The Morgan fingerprint density at radius 3 is 2.65 bits per heavy atom. The summed E-state index contributed by atoms with van der Waals surface area (Å²) in [5.74, 6) is -0.902. The van der Waals surface area contributed by atoms with E-state index >= 15 is 0 Å². The number of allylic oxidation sites excluding steroid dienone is 3. The van der Waals surface area contributed by atoms with E-state index in [0.717, 1.165) is 5.56 Å². The van der Waals surface area contributed by atoms with E-state index in [4.69, 9.17) is 20.9 Å². The van der Waals surface area contributed by atoms with Crippen molar-refractivity contribution in [3.05, 3.63) is 59.4 Å². The fourth-order valence-electron chi connectivity index (χ4n) is 4.55. The zero-order valence-electron chi connectivity index (χ0n) is 20.1. The van der Waals surface area contributed by atoms with Gasteiger partial charge in [-0.3, -0.25) is 9.59 Å². The molecule has 0 saturated carbocycles. The van der Waals surface area contributed by atoms with Gasteiger partial charge in [-0.15, -0.1) is 0 Å². The lowest BCUT2D eigenvalue weighted by Gasteiger charge is -2.31. The number of aromatic nitrogens is 2. The summed E-state index contributed by atoms with van der Waals surface area (Å²) in [6, 6.07) is 6.16. The molecule has 198 valence electrons. The smallest absolute Gasteiger partial charge is 0.414 e. The van der Waals surface area contributed by atoms with Crippen molar-refractivity contribution in [2.45, 2.75) is 44.1 Å². The fraction of sp³-hybridized carbons (Fsp3) is 0.400. The Bertz CT molecular complexity index is 1220. The summed E-state index contributed by atoms with van der Waals surface area (Å²) in [5.41, 5.74) is 13.1. The minimum atomic E-state index is -4.52. The number of nitrogen functional groups attached to an aromatic ring is 1. The SMILES string of the molecule is COC1=CC=CCC1C(=O)NCc1ccc(-c2nn(C3CCOC(C(F)(F)F)C3)c(N)c2C(N)=O)cc1. The first-order valence-corrected chi connectivity index (χ1v) is 11.7. The molecule has 2 heterocycles. The third kappa shape index (κ3) is 5.63. The van der Waals surface area contributed by atoms with E-state index in [1.165, 1.54) is 11.8 Å². The van der Waals surface area contributed by atoms with Crippen LogP contribution in [0.4, 0.5) is 19.0 Å². The van der Waals surface area contributed by atoms with Crippen molar-refractivity contribution < 1.29 is 32.2 Å². The van der Waals surface area contributed by atoms with Gasteiger partial charge in [-0.05, 0) is 24.5 Å². The maximum atomic E-state index is 13.2. The quantitative estimate of drug-likeness (QED) is 0.514. The molecule has 1 aliphatic carbocycles. The highest BCUT2D eigenvalue weighted by molar-refractivity contribution is 6.03. The van der Waals surface area contributed by atoms with Crippen LogP contribution in [0.3, 0.4) is 0 Å². The van der Waals surface area contributed by atoms with Crippen molar-refractivity contribution in [3.63, 3.8) is 0 Å². The number of anilines is 1. The van der Waals surface area contributed by atoms with E-state index in [-0.39, 0.29) is 49.0 Å². The molecule has 1 saturated heterocycles. The maximum absolute atomic E-state index is 13.2. The van der Waals surface area contributed by atoms with Gasteiger partial charge >= 0.3 is 6.18 Å². The molecule has 2 amide bonds. The number of hydrogen-bond donors (Lipinski definition) is 3. The Hall–Kier alpha value is -3.80. The summed E-state index contributed by atoms with van der Waals surface area (Å²) >= 11 is 0. The van der Waals surface area contributed by atoms with Gasteiger partial charge in [0.2, 0.25) is 5.91 Å². The maximum Gasteiger partial charge on any atom is 0.414 e. The monoisotopic (exact) mass is 519 g/mol. The van der Waals surface area contributed by atoms with E-state index in [1.54, 1.807) is 30.3 Å². The summed E-state index contributed by atoms with van der Waals surface area (Å²) in [4.78, 5) is 24.8. The first kappa shape index (κ1) is 26.3. The van der Waals surface area contributed by atoms with Crippen LogP contribution in [0.15, 0.2) is 48.3 Å². The van der Waals surface area contributed by atoms with Crippen LogP contribution >= 0.6 is 0 Å². The number of carbonyl (C=O) groups excluding carboxylic acids is 2. The fourth-order valence-corrected chi connectivity index (χ4v) is 4.55. The molecule has 2 aliphatic rings. The van der Waals surface area contributed by atoms with Crippen LogP contribution in [0.5, 0.6) is 0 Å². The highest BCUT2D eigenvalue weighted by Crippen LogP contribution is 2.37. The number of halogens is 3. The van der Waals surface area contributed by atoms with Crippen LogP contribution in [0.1, 0.15) is 41.2 Å². The molecular weight excluding hydrogens is 491 g/mol. The number of ether oxygens (including phenoxy) is 2. The Labute approximate surface area is 211 Å². The molecule has 1 aromatic carbocycles. The Balaban J connectivity index is 1.51. The van der Waals surface area contributed by atoms with Crippen molar-refractivity contribution >= 4 is 17.6 Å². The topological polar surface area (TPSA) is 134 Å². The van der Waals surface area contributed by atoms with Gasteiger partial charge in [0.1, 0.15) is 22.8 Å². The van der Waals surface area contributed by atoms with Crippen LogP contribution < -0.4 is 16.8 Å². The molecule has 0 bridgehead atoms. The number of alkyl halides is 3. The molecule has 3 atom stereocenters. The Morgan fingerprint density at radius 2 is 2.00 bits per heavy atom. The van der Waals surface area contributed by atoms with Gasteiger partial charge < -0.3 is 26.3 Å². The van der Waals surface area contributed by atoms with Crippen molar-refractivity contribution in [2.24, 2.45) is 11.7 Å². The summed E-state index contributed by atoms with van der Waals surface area (Å²) in [5, 5.41) is 7.28. The third-order valence-electron chi connectivity index (χ3n) is 6.52. The van der Waals surface area contributed by atoms with Gasteiger partial charge in [-0.2, -0.15) is 18.3 Å². The number of carbonyl (C=O) groups is 2. The summed E-state index contributed by atoms with van der Waals surface area (Å²) in [7, 11) is 1.52. The average molecular weight is 520 g/mol. The second kappa shape index (κ2) is 10.7. The molecule has 0 radical (unpaired) electrons. The second-order valence-corrected chi connectivity index (χ2v) is 8.90. The highest BCUT2D eigenvalue weighted by atomic mass is 19.4. The standard InChI is InChI=1S/C25H28F3N5O4/c1-36-18-5-3-2-4-17(18)24(35)31-13-14-6-8-15(9-7-14)21-20(23(30)34)22(29)33(32-21)16-10-11-37-19(12-16)25(26,27)28/h2-3,5-9,16-17,19H,4,10-13,29H2,1H3,(H2,30,34)(H,31,35). The van der Waals surface area contributed by atoms with Gasteiger partial charge in [0, 0.05) is 25.1 Å². The molecule has 1 fully saturated rings.